The van der Waals surface area contributed by atoms with E-state index in [4.69, 9.17) is 21.1 Å². The number of carbonyl (C=O) groups is 1. The summed E-state index contributed by atoms with van der Waals surface area (Å²) in [6.07, 6.45) is 7.61. The van der Waals surface area contributed by atoms with Crippen molar-refractivity contribution in [1.82, 2.24) is 0 Å². The van der Waals surface area contributed by atoms with E-state index in [2.05, 4.69) is 11.9 Å². The predicted molar refractivity (Wildman–Crippen MR) is 113 cm³/mol. The van der Waals surface area contributed by atoms with Crippen LogP contribution in [-0.2, 0) is 9.53 Å². The molecule has 0 radical (unpaired) electrons. The molecule has 0 atom stereocenters. The third kappa shape index (κ3) is 5.46. The van der Waals surface area contributed by atoms with Crippen LogP contribution in [0.3, 0.4) is 0 Å². The summed E-state index contributed by atoms with van der Waals surface area (Å²) in [7, 11) is 0. The molecule has 2 aromatic rings. The molecular formula is C23H24ClNO3. The summed E-state index contributed by atoms with van der Waals surface area (Å²) in [5, 5.41) is 0.561. The van der Waals surface area contributed by atoms with Crippen LogP contribution in [0.15, 0.2) is 59.2 Å². The number of cyclic esters (lactones) is 1. The quantitative estimate of drug-likeness (QED) is 0.294. The SMILES string of the molecule is CCCCCCCOc1ccccc1C=C1N=C(c2cccc(Cl)c2)OC1=O. The number of para-hydroxylation sites is 1. The summed E-state index contributed by atoms with van der Waals surface area (Å²) in [5.41, 5.74) is 1.72. The van der Waals surface area contributed by atoms with E-state index in [1.165, 1.54) is 19.3 Å². The molecule has 1 heterocycles. The van der Waals surface area contributed by atoms with Gasteiger partial charge in [-0.15, -0.1) is 0 Å². The van der Waals surface area contributed by atoms with Gasteiger partial charge >= 0.3 is 5.97 Å². The van der Waals surface area contributed by atoms with Crippen molar-refractivity contribution >= 4 is 29.5 Å². The number of ether oxygens (including phenoxy) is 2. The third-order valence-electron chi connectivity index (χ3n) is 4.41. The second-order valence-corrected chi connectivity index (χ2v) is 7.08. The lowest BCUT2D eigenvalue weighted by molar-refractivity contribution is -0.129. The number of rotatable bonds is 9. The molecule has 0 bridgehead atoms. The number of halogens is 1. The minimum atomic E-state index is -0.482. The van der Waals surface area contributed by atoms with Crippen molar-refractivity contribution in [3.63, 3.8) is 0 Å². The van der Waals surface area contributed by atoms with Gasteiger partial charge in [-0.25, -0.2) is 9.79 Å². The van der Waals surface area contributed by atoms with E-state index >= 15 is 0 Å². The van der Waals surface area contributed by atoms with Crippen LogP contribution in [0.4, 0.5) is 0 Å². The summed E-state index contributed by atoms with van der Waals surface area (Å²) in [4.78, 5) is 16.6. The van der Waals surface area contributed by atoms with Crippen molar-refractivity contribution in [3.8, 4) is 5.75 Å². The van der Waals surface area contributed by atoms with Crippen molar-refractivity contribution in [1.29, 1.82) is 0 Å². The van der Waals surface area contributed by atoms with E-state index in [-0.39, 0.29) is 11.6 Å². The van der Waals surface area contributed by atoms with Gasteiger partial charge < -0.3 is 9.47 Å². The fourth-order valence-corrected chi connectivity index (χ4v) is 3.11. The summed E-state index contributed by atoms with van der Waals surface area (Å²) in [6.45, 7) is 2.86. The molecule has 0 amide bonds. The van der Waals surface area contributed by atoms with Crippen molar-refractivity contribution in [2.24, 2.45) is 4.99 Å². The molecule has 0 saturated carbocycles. The molecule has 0 N–H and O–H groups in total. The summed E-state index contributed by atoms with van der Waals surface area (Å²) < 4.78 is 11.2. The van der Waals surface area contributed by atoms with Gasteiger partial charge in [0.2, 0.25) is 5.90 Å². The number of aliphatic imine (C=N–C) groups is 1. The van der Waals surface area contributed by atoms with Crippen LogP contribution < -0.4 is 4.74 Å². The van der Waals surface area contributed by atoms with Crippen LogP contribution in [-0.4, -0.2) is 18.5 Å². The Balaban J connectivity index is 1.71. The van der Waals surface area contributed by atoms with E-state index in [9.17, 15) is 4.79 Å². The standard InChI is InChI=1S/C23H24ClNO3/c1-2-3-4-5-8-14-27-21-13-7-6-10-17(21)16-20-23(26)28-22(25-20)18-11-9-12-19(24)15-18/h6-7,9-13,15-16H,2-5,8,14H2,1H3. The Bertz CT molecular complexity index is 889. The van der Waals surface area contributed by atoms with Crippen LogP contribution in [0.25, 0.3) is 6.08 Å². The fourth-order valence-electron chi connectivity index (χ4n) is 2.92. The zero-order valence-electron chi connectivity index (χ0n) is 16.0. The smallest absolute Gasteiger partial charge is 0.363 e. The molecule has 0 aliphatic carbocycles. The highest BCUT2D eigenvalue weighted by atomic mass is 35.5. The van der Waals surface area contributed by atoms with E-state index in [1.54, 1.807) is 30.3 Å². The molecule has 28 heavy (non-hydrogen) atoms. The predicted octanol–water partition coefficient (Wildman–Crippen LogP) is 6.03. The molecular weight excluding hydrogens is 374 g/mol. The average molecular weight is 398 g/mol. The van der Waals surface area contributed by atoms with Crippen molar-refractivity contribution in [2.75, 3.05) is 6.61 Å². The Labute approximate surface area is 170 Å². The Morgan fingerprint density at radius 1 is 1.07 bits per heavy atom. The molecule has 3 rings (SSSR count). The first kappa shape index (κ1) is 20.2. The Hall–Kier alpha value is -2.59. The zero-order valence-corrected chi connectivity index (χ0v) is 16.7. The second kappa shape index (κ2) is 10.1. The molecule has 4 nitrogen and oxygen atoms in total. The van der Waals surface area contributed by atoms with Gasteiger partial charge in [0.1, 0.15) is 5.75 Å². The van der Waals surface area contributed by atoms with Gasteiger partial charge in [0.15, 0.2) is 5.70 Å². The largest absolute Gasteiger partial charge is 0.493 e. The van der Waals surface area contributed by atoms with Gasteiger partial charge in [-0.1, -0.05) is 68.5 Å². The maximum absolute atomic E-state index is 12.2. The molecule has 5 heteroatoms. The topological polar surface area (TPSA) is 47.9 Å². The van der Waals surface area contributed by atoms with E-state index in [0.29, 0.717) is 17.2 Å². The lowest BCUT2D eigenvalue weighted by Crippen LogP contribution is -2.05. The Morgan fingerprint density at radius 3 is 2.71 bits per heavy atom. The van der Waals surface area contributed by atoms with Crippen LogP contribution in [0.1, 0.15) is 50.2 Å². The van der Waals surface area contributed by atoms with E-state index in [0.717, 1.165) is 24.2 Å². The van der Waals surface area contributed by atoms with Crippen LogP contribution in [0, 0.1) is 0 Å². The number of nitrogens with zero attached hydrogens (tertiary/aromatic N) is 1. The lowest BCUT2D eigenvalue weighted by atomic mass is 10.1. The minimum Gasteiger partial charge on any atom is -0.493 e. The Kier molecular flexibility index (Phi) is 7.26. The number of carbonyl (C=O) groups excluding carboxylic acids is 1. The molecule has 1 aliphatic heterocycles. The van der Waals surface area contributed by atoms with Gasteiger partial charge in [0.25, 0.3) is 0 Å². The highest BCUT2D eigenvalue weighted by Crippen LogP contribution is 2.25. The molecule has 0 fully saturated rings. The molecule has 0 unspecified atom stereocenters. The monoisotopic (exact) mass is 397 g/mol. The van der Waals surface area contributed by atoms with Crippen LogP contribution in [0.5, 0.6) is 5.75 Å². The highest BCUT2D eigenvalue weighted by Gasteiger charge is 2.24. The number of benzene rings is 2. The number of hydrogen-bond donors (Lipinski definition) is 0. The van der Waals surface area contributed by atoms with E-state index < -0.39 is 5.97 Å². The summed E-state index contributed by atoms with van der Waals surface area (Å²) in [6, 6.07) is 14.7. The molecule has 0 saturated heterocycles. The maximum atomic E-state index is 12.2. The van der Waals surface area contributed by atoms with Gasteiger partial charge in [0, 0.05) is 16.1 Å². The van der Waals surface area contributed by atoms with E-state index in [1.807, 2.05) is 24.3 Å². The van der Waals surface area contributed by atoms with Gasteiger partial charge in [-0.3, -0.25) is 0 Å². The minimum absolute atomic E-state index is 0.244. The molecule has 146 valence electrons. The highest BCUT2D eigenvalue weighted by molar-refractivity contribution is 6.31. The average Bonchev–Trinajstić information content (AvgIpc) is 3.06. The number of unbranched alkanes of at least 4 members (excludes halogenated alkanes) is 4. The molecule has 0 aromatic heterocycles. The first-order valence-electron chi connectivity index (χ1n) is 9.67. The first-order valence-corrected chi connectivity index (χ1v) is 10.1. The Morgan fingerprint density at radius 2 is 1.89 bits per heavy atom. The number of hydrogen-bond acceptors (Lipinski definition) is 4. The van der Waals surface area contributed by atoms with Crippen molar-refractivity contribution < 1.29 is 14.3 Å². The van der Waals surface area contributed by atoms with Crippen molar-refractivity contribution in [3.05, 3.63) is 70.4 Å². The second-order valence-electron chi connectivity index (χ2n) is 6.65. The number of esters is 1. The van der Waals surface area contributed by atoms with Gasteiger partial charge in [-0.05, 0) is 36.8 Å². The molecule has 0 spiro atoms. The zero-order chi connectivity index (χ0) is 19.8. The fraction of sp³-hybridized carbons (Fsp3) is 0.304. The van der Waals surface area contributed by atoms with Gasteiger partial charge in [0.05, 0.1) is 6.61 Å². The third-order valence-corrected chi connectivity index (χ3v) is 4.64. The lowest BCUT2D eigenvalue weighted by Gasteiger charge is -2.09. The maximum Gasteiger partial charge on any atom is 0.363 e. The molecule has 2 aromatic carbocycles. The molecule has 1 aliphatic rings. The summed E-state index contributed by atoms with van der Waals surface area (Å²) >= 11 is 6.01. The normalized spacial score (nSPS) is 14.9. The summed E-state index contributed by atoms with van der Waals surface area (Å²) in [5.74, 6) is 0.516. The van der Waals surface area contributed by atoms with Crippen LogP contribution >= 0.6 is 11.6 Å². The van der Waals surface area contributed by atoms with Crippen LogP contribution in [0.2, 0.25) is 5.02 Å². The first-order chi connectivity index (χ1) is 13.7. The van der Waals surface area contributed by atoms with Gasteiger partial charge in [-0.2, -0.15) is 0 Å². The van der Waals surface area contributed by atoms with Crippen molar-refractivity contribution in [2.45, 2.75) is 39.0 Å².